The van der Waals surface area contributed by atoms with Crippen LogP contribution < -0.4 is 4.72 Å². The van der Waals surface area contributed by atoms with E-state index in [0.717, 1.165) is 24.3 Å². The molecule has 0 fully saturated rings. The van der Waals surface area contributed by atoms with Crippen LogP contribution in [0.15, 0.2) is 35.0 Å². The molecule has 1 aromatic carbocycles. The smallest absolute Gasteiger partial charge is 0.361 e. The summed E-state index contributed by atoms with van der Waals surface area (Å²) in [5.41, 5.74) is 0.0419. The van der Waals surface area contributed by atoms with Crippen LogP contribution in [0.5, 0.6) is 0 Å². The average molecular weight is 334 g/mol. The van der Waals surface area contributed by atoms with E-state index in [0.29, 0.717) is 11.3 Å². The summed E-state index contributed by atoms with van der Waals surface area (Å²) in [4.78, 5) is 0. The molecule has 22 heavy (non-hydrogen) atoms. The second-order valence-electron chi connectivity index (χ2n) is 4.68. The van der Waals surface area contributed by atoms with E-state index in [9.17, 15) is 21.6 Å². The molecular weight excluding hydrogens is 321 g/mol. The molecule has 0 amide bonds. The van der Waals surface area contributed by atoms with Gasteiger partial charge in [-0.25, -0.2) is 13.1 Å². The number of rotatable bonds is 5. The zero-order chi connectivity index (χ0) is 16.4. The maximum absolute atomic E-state index is 12.4. The first-order valence-electron chi connectivity index (χ1n) is 6.21. The zero-order valence-electron chi connectivity index (χ0n) is 11.5. The van der Waals surface area contributed by atoms with E-state index in [4.69, 9.17) is 4.52 Å². The summed E-state index contributed by atoms with van der Waals surface area (Å²) < 4.78 is 68.2. The molecule has 2 aromatic rings. The van der Waals surface area contributed by atoms with Crippen LogP contribution in [-0.4, -0.2) is 13.6 Å². The monoisotopic (exact) mass is 334 g/mol. The third kappa shape index (κ3) is 4.31. The first-order chi connectivity index (χ1) is 10.2. The van der Waals surface area contributed by atoms with Gasteiger partial charge >= 0.3 is 6.18 Å². The van der Waals surface area contributed by atoms with Gasteiger partial charge in [0.25, 0.3) is 0 Å². The van der Waals surface area contributed by atoms with Gasteiger partial charge in [-0.2, -0.15) is 13.2 Å². The number of nitrogens with one attached hydrogen (secondary N) is 1. The number of halogens is 3. The van der Waals surface area contributed by atoms with Gasteiger partial charge in [-0.15, -0.1) is 0 Å². The number of hydrogen-bond acceptors (Lipinski definition) is 4. The fraction of sp³-hybridized carbons (Fsp3) is 0.308. The van der Waals surface area contributed by atoms with E-state index in [1.807, 2.05) is 0 Å². The summed E-state index contributed by atoms with van der Waals surface area (Å²) in [6, 6.07) is 4.00. The SMILES string of the molecule is Cc1oncc1CNS(=O)(=O)Cc1ccc(C(F)(F)F)cc1. The molecule has 9 heteroatoms. The van der Waals surface area contributed by atoms with Crippen LogP contribution >= 0.6 is 0 Å². The van der Waals surface area contributed by atoms with Crippen molar-refractivity contribution in [3.8, 4) is 0 Å². The minimum Gasteiger partial charge on any atom is -0.361 e. The van der Waals surface area contributed by atoms with E-state index < -0.39 is 27.5 Å². The Hall–Kier alpha value is -1.87. The minimum atomic E-state index is -4.44. The van der Waals surface area contributed by atoms with Crippen molar-refractivity contribution < 1.29 is 26.1 Å². The van der Waals surface area contributed by atoms with Gasteiger partial charge in [0.15, 0.2) is 0 Å². The lowest BCUT2D eigenvalue weighted by molar-refractivity contribution is -0.137. The minimum absolute atomic E-state index is 0.0122. The van der Waals surface area contributed by atoms with Crippen molar-refractivity contribution in [2.45, 2.75) is 25.4 Å². The van der Waals surface area contributed by atoms with E-state index >= 15 is 0 Å². The normalized spacial score (nSPS) is 12.5. The lowest BCUT2D eigenvalue weighted by atomic mass is 10.1. The van der Waals surface area contributed by atoms with E-state index in [2.05, 4.69) is 9.88 Å². The van der Waals surface area contributed by atoms with Crippen LogP contribution in [0.25, 0.3) is 0 Å². The number of benzene rings is 1. The number of aryl methyl sites for hydroxylation is 1. The van der Waals surface area contributed by atoms with Crippen molar-refractivity contribution >= 4 is 10.0 Å². The van der Waals surface area contributed by atoms with Crippen LogP contribution in [-0.2, 0) is 28.5 Å². The van der Waals surface area contributed by atoms with Crippen molar-refractivity contribution in [3.63, 3.8) is 0 Å². The highest BCUT2D eigenvalue weighted by Crippen LogP contribution is 2.29. The number of alkyl halides is 3. The summed E-state index contributed by atoms with van der Waals surface area (Å²) in [6.45, 7) is 1.66. The van der Waals surface area contributed by atoms with Crippen molar-refractivity contribution in [1.82, 2.24) is 9.88 Å². The van der Waals surface area contributed by atoms with E-state index in [1.165, 1.54) is 6.20 Å². The molecule has 0 aliphatic carbocycles. The number of aromatic nitrogens is 1. The van der Waals surface area contributed by atoms with E-state index in [1.54, 1.807) is 6.92 Å². The standard InChI is InChI=1S/C13H13F3N2O3S/c1-9-11(6-17-21-9)7-18-22(19,20)8-10-2-4-12(5-3-10)13(14,15)16/h2-6,18H,7-8H2,1H3. The zero-order valence-corrected chi connectivity index (χ0v) is 12.3. The second kappa shape index (κ2) is 6.09. The molecule has 120 valence electrons. The topological polar surface area (TPSA) is 72.2 Å². The maximum atomic E-state index is 12.4. The third-order valence-electron chi connectivity index (χ3n) is 2.97. The van der Waals surface area contributed by atoms with Gasteiger partial charge in [-0.3, -0.25) is 0 Å². The Balaban J connectivity index is 2.01. The first kappa shape index (κ1) is 16.5. The molecule has 2 rings (SSSR count). The van der Waals surface area contributed by atoms with Crippen LogP contribution in [0.3, 0.4) is 0 Å². The highest BCUT2D eigenvalue weighted by atomic mass is 32.2. The molecule has 0 saturated carbocycles. The van der Waals surface area contributed by atoms with Gasteiger partial charge in [0.1, 0.15) is 5.76 Å². The summed E-state index contributed by atoms with van der Waals surface area (Å²) in [5, 5.41) is 3.52. The lowest BCUT2D eigenvalue weighted by Crippen LogP contribution is -2.24. The molecular formula is C13H13F3N2O3S. The van der Waals surface area contributed by atoms with Crippen molar-refractivity contribution in [3.05, 3.63) is 52.9 Å². The van der Waals surface area contributed by atoms with Gasteiger partial charge in [-0.1, -0.05) is 17.3 Å². The average Bonchev–Trinajstić information content (AvgIpc) is 2.81. The predicted molar refractivity (Wildman–Crippen MR) is 72.1 cm³/mol. The largest absolute Gasteiger partial charge is 0.416 e. The Labute approximate surface area is 125 Å². The Kier molecular flexibility index (Phi) is 4.57. The Morgan fingerprint density at radius 3 is 2.36 bits per heavy atom. The highest BCUT2D eigenvalue weighted by molar-refractivity contribution is 7.88. The van der Waals surface area contributed by atoms with Gasteiger partial charge < -0.3 is 4.52 Å². The summed E-state index contributed by atoms with van der Waals surface area (Å²) in [5.74, 6) is 0.0902. The van der Waals surface area contributed by atoms with Crippen LogP contribution in [0.1, 0.15) is 22.5 Å². The fourth-order valence-electron chi connectivity index (χ4n) is 1.74. The van der Waals surface area contributed by atoms with Gasteiger partial charge in [0.2, 0.25) is 10.0 Å². The highest BCUT2D eigenvalue weighted by Gasteiger charge is 2.30. The predicted octanol–water partition coefficient (Wildman–Crippen LogP) is 2.62. The van der Waals surface area contributed by atoms with Crippen LogP contribution in [0.2, 0.25) is 0 Å². The summed E-state index contributed by atoms with van der Waals surface area (Å²) in [7, 11) is -3.68. The Morgan fingerprint density at radius 2 is 1.86 bits per heavy atom. The fourth-order valence-corrected chi connectivity index (χ4v) is 2.85. The number of hydrogen-bond donors (Lipinski definition) is 1. The molecule has 0 spiro atoms. The lowest BCUT2D eigenvalue weighted by Gasteiger charge is -2.09. The first-order valence-corrected chi connectivity index (χ1v) is 7.86. The molecule has 0 unspecified atom stereocenters. The van der Waals surface area contributed by atoms with Gasteiger partial charge in [0, 0.05) is 12.1 Å². The summed E-state index contributed by atoms with van der Waals surface area (Å²) in [6.07, 6.45) is -3.04. The molecule has 1 N–H and O–H groups in total. The third-order valence-corrected chi connectivity index (χ3v) is 4.27. The van der Waals surface area contributed by atoms with Crippen molar-refractivity contribution in [2.75, 3.05) is 0 Å². The van der Waals surface area contributed by atoms with Gasteiger partial charge in [-0.05, 0) is 24.6 Å². The number of sulfonamides is 1. The van der Waals surface area contributed by atoms with E-state index in [-0.39, 0.29) is 12.1 Å². The molecule has 1 heterocycles. The summed E-state index contributed by atoms with van der Waals surface area (Å²) >= 11 is 0. The molecule has 0 saturated heterocycles. The molecule has 0 bridgehead atoms. The van der Waals surface area contributed by atoms with Crippen LogP contribution in [0, 0.1) is 6.92 Å². The molecule has 1 aromatic heterocycles. The van der Waals surface area contributed by atoms with Crippen molar-refractivity contribution in [1.29, 1.82) is 0 Å². The molecule has 0 aliphatic heterocycles. The Bertz CT molecular complexity index is 737. The number of nitrogens with zero attached hydrogens (tertiary/aromatic N) is 1. The molecule has 0 atom stereocenters. The second-order valence-corrected chi connectivity index (χ2v) is 6.49. The quantitative estimate of drug-likeness (QED) is 0.912. The van der Waals surface area contributed by atoms with Gasteiger partial charge in [0.05, 0.1) is 17.5 Å². The van der Waals surface area contributed by atoms with Crippen LogP contribution in [0.4, 0.5) is 13.2 Å². The maximum Gasteiger partial charge on any atom is 0.416 e. The molecule has 5 nitrogen and oxygen atoms in total. The Morgan fingerprint density at radius 1 is 1.23 bits per heavy atom. The molecule has 0 radical (unpaired) electrons. The molecule has 0 aliphatic rings. The van der Waals surface area contributed by atoms with Crippen molar-refractivity contribution in [2.24, 2.45) is 0 Å².